The highest BCUT2D eigenvalue weighted by molar-refractivity contribution is 7.91. The topological polar surface area (TPSA) is 66.8 Å². The van der Waals surface area contributed by atoms with Crippen molar-refractivity contribution in [2.75, 3.05) is 26.8 Å². The Morgan fingerprint density at radius 3 is 2.89 bits per heavy atom. The Bertz CT molecular complexity index is 506. The lowest BCUT2D eigenvalue weighted by Gasteiger charge is -2.26. The lowest BCUT2D eigenvalue weighted by molar-refractivity contribution is 0.0495. The minimum Gasteiger partial charge on any atom is -0.391 e. The highest BCUT2D eigenvalue weighted by Crippen LogP contribution is 2.25. The quantitative estimate of drug-likeness (QED) is 0.890. The van der Waals surface area contributed by atoms with Crippen molar-refractivity contribution in [2.45, 2.75) is 23.7 Å². The van der Waals surface area contributed by atoms with E-state index in [4.69, 9.17) is 9.84 Å². The van der Waals surface area contributed by atoms with Gasteiger partial charge in [0.1, 0.15) is 4.21 Å². The van der Waals surface area contributed by atoms with Gasteiger partial charge in [-0.15, -0.1) is 11.3 Å². The number of aliphatic hydroxyl groups excluding tert-OH is 1. The molecule has 0 radical (unpaired) electrons. The van der Waals surface area contributed by atoms with Gasteiger partial charge in [0.15, 0.2) is 0 Å². The van der Waals surface area contributed by atoms with Gasteiger partial charge in [0.2, 0.25) is 0 Å². The van der Waals surface area contributed by atoms with Crippen molar-refractivity contribution in [3.05, 3.63) is 17.0 Å². The standard InChI is InChI=1S/C12H19NO4S2/c1-13(7-10-3-2-6-17-9-10)19(15,16)12-5-4-11(8-14)18-12/h4-5,10,14H,2-3,6-9H2,1H3. The van der Waals surface area contributed by atoms with E-state index in [0.29, 0.717) is 18.0 Å². The van der Waals surface area contributed by atoms with Crippen LogP contribution in [0.2, 0.25) is 0 Å². The number of thiophene rings is 1. The minimum atomic E-state index is -3.44. The monoisotopic (exact) mass is 305 g/mol. The normalized spacial score (nSPS) is 20.9. The Balaban J connectivity index is 2.05. The Morgan fingerprint density at radius 1 is 1.53 bits per heavy atom. The summed E-state index contributed by atoms with van der Waals surface area (Å²) in [7, 11) is -1.84. The van der Waals surface area contributed by atoms with Crippen LogP contribution in [0.4, 0.5) is 0 Å². The fourth-order valence-corrected chi connectivity index (χ4v) is 4.82. The van der Waals surface area contributed by atoms with Crippen LogP contribution < -0.4 is 0 Å². The van der Waals surface area contributed by atoms with E-state index in [0.717, 1.165) is 30.8 Å². The Labute approximate surface area is 117 Å². The highest BCUT2D eigenvalue weighted by atomic mass is 32.2. The smallest absolute Gasteiger partial charge is 0.252 e. The second-order valence-electron chi connectivity index (χ2n) is 4.75. The van der Waals surface area contributed by atoms with Gasteiger partial charge in [0, 0.05) is 25.1 Å². The maximum absolute atomic E-state index is 12.3. The van der Waals surface area contributed by atoms with Gasteiger partial charge < -0.3 is 9.84 Å². The average Bonchev–Trinajstić information content (AvgIpc) is 2.89. The average molecular weight is 305 g/mol. The lowest BCUT2D eigenvalue weighted by Crippen LogP contribution is -2.34. The largest absolute Gasteiger partial charge is 0.391 e. The molecule has 19 heavy (non-hydrogen) atoms. The van der Waals surface area contributed by atoms with E-state index in [2.05, 4.69) is 0 Å². The molecule has 0 amide bonds. The zero-order valence-corrected chi connectivity index (χ0v) is 12.5. The molecule has 1 aliphatic rings. The van der Waals surface area contributed by atoms with Gasteiger partial charge in [0.05, 0.1) is 13.2 Å². The molecule has 0 saturated carbocycles. The summed E-state index contributed by atoms with van der Waals surface area (Å²) in [4.78, 5) is 0.660. The minimum absolute atomic E-state index is 0.125. The second kappa shape index (κ2) is 6.32. The predicted molar refractivity (Wildman–Crippen MR) is 73.6 cm³/mol. The molecule has 1 aromatic heterocycles. The van der Waals surface area contributed by atoms with Crippen molar-refractivity contribution in [3.8, 4) is 0 Å². The fraction of sp³-hybridized carbons (Fsp3) is 0.667. The maximum atomic E-state index is 12.3. The van der Waals surface area contributed by atoms with E-state index in [1.165, 1.54) is 4.31 Å². The molecule has 0 aliphatic carbocycles. The summed E-state index contributed by atoms with van der Waals surface area (Å²) < 4.78 is 31.7. The molecule has 1 aromatic rings. The third kappa shape index (κ3) is 3.55. The van der Waals surface area contributed by atoms with Crippen molar-refractivity contribution >= 4 is 21.4 Å². The molecule has 1 aliphatic heterocycles. The summed E-state index contributed by atoms with van der Waals surface area (Å²) in [6, 6.07) is 3.20. The summed E-state index contributed by atoms with van der Waals surface area (Å²) in [6.45, 7) is 1.76. The molecule has 0 spiro atoms. The number of sulfonamides is 1. The summed E-state index contributed by atoms with van der Waals surface area (Å²) >= 11 is 1.12. The lowest BCUT2D eigenvalue weighted by atomic mass is 10.0. The van der Waals surface area contributed by atoms with Crippen LogP contribution in [-0.4, -0.2) is 44.6 Å². The zero-order valence-electron chi connectivity index (χ0n) is 10.9. The van der Waals surface area contributed by atoms with Crippen LogP contribution in [0.1, 0.15) is 17.7 Å². The Hall–Kier alpha value is -0.470. The molecule has 2 rings (SSSR count). The molecular formula is C12H19NO4S2. The van der Waals surface area contributed by atoms with Gasteiger partial charge in [-0.2, -0.15) is 4.31 Å². The van der Waals surface area contributed by atoms with Crippen LogP contribution >= 0.6 is 11.3 Å². The third-order valence-corrected chi connectivity index (χ3v) is 6.59. The molecule has 1 fully saturated rings. The predicted octanol–water partition coefficient (Wildman–Crippen LogP) is 1.29. The molecule has 108 valence electrons. The summed E-state index contributed by atoms with van der Waals surface area (Å²) in [5.41, 5.74) is 0. The molecule has 2 heterocycles. The number of hydrogen-bond donors (Lipinski definition) is 1. The van der Waals surface area contributed by atoms with Crippen molar-refractivity contribution in [2.24, 2.45) is 5.92 Å². The van der Waals surface area contributed by atoms with Crippen molar-refractivity contribution in [1.82, 2.24) is 4.31 Å². The fourth-order valence-electron chi connectivity index (χ4n) is 2.15. The van der Waals surface area contributed by atoms with Crippen molar-refractivity contribution in [1.29, 1.82) is 0 Å². The zero-order chi connectivity index (χ0) is 13.9. The molecule has 1 N–H and O–H groups in total. The molecule has 1 saturated heterocycles. The van der Waals surface area contributed by atoms with Gasteiger partial charge in [-0.1, -0.05) is 0 Å². The molecule has 0 aromatic carbocycles. The third-order valence-electron chi connectivity index (χ3n) is 3.23. The Morgan fingerprint density at radius 2 is 2.32 bits per heavy atom. The molecule has 1 atom stereocenters. The summed E-state index contributed by atoms with van der Waals surface area (Å²) in [5.74, 6) is 0.269. The van der Waals surface area contributed by atoms with E-state index in [-0.39, 0.29) is 16.7 Å². The number of nitrogens with zero attached hydrogens (tertiary/aromatic N) is 1. The van der Waals surface area contributed by atoms with E-state index < -0.39 is 10.0 Å². The highest BCUT2D eigenvalue weighted by Gasteiger charge is 2.26. The van der Waals surface area contributed by atoms with Crippen molar-refractivity contribution < 1.29 is 18.3 Å². The SMILES string of the molecule is CN(CC1CCCOC1)S(=O)(=O)c1ccc(CO)s1. The van der Waals surface area contributed by atoms with Crippen LogP contribution in [0, 0.1) is 5.92 Å². The van der Waals surface area contributed by atoms with Gasteiger partial charge >= 0.3 is 0 Å². The molecular weight excluding hydrogens is 286 g/mol. The van der Waals surface area contributed by atoms with Gasteiger partial charge in [0.25, 0.3) is 10.0 Å². The van der Waals surface area contributed by atoms with Crippen LogP contribution in [0.15, 0.2) is 16.3 Å². The first kappa shape index (κ1) is 14.9. The van der Waals surface area contributed by atoms with E-state index in [1.807, 2.05) is 0 Å². The van der Waals surface area contributed by atoms with Crippen LogP contribution in [0.5, 0.6) is 0 Å². The van der Waals surface area contributed by atoms with Gasteiger partial charge in [-0.3, -0.25) is 0 Å². The molecule has 5 nitrogen and oxygen atoms in total. The Kier molecular flexibility index (Phi) is 4.97. The molecule has 7 heteroatoms. The van der Waals surface area contributed by atoms with Gasteiger partial charge in [-0.25, -0.2) is 8.42 Å². The summed E-state index contributed by atoms with van der Waals surface area (Å²) in [6.07, 6.45) is 2.00. The molecule has 0 bridgehead atoms. The van der Waals surface area contributed by atoms with E-state index in [1.54, 1.807) is 19.2 Å². The number of ether oxygens (including phenoxy) is 1. The second-order valence-corrected chi connectivity index (χ2v) is 8.19. The number of aliphatic hydroxyl groups is 1. The first-order valence-electron chi connectivity index (χ1n) is 6.27. The van der Waals surface area contributed by atoms with Crippen molar-refractivity contribution in [3.63, 3.8) is 0 Å². The van der Waals surface area contributed by atoms with Crippen LogP contribution in [0.3, 0.4) is 0 Å². The number of hydrogen-bond acceptors (Lipinski definition) is 5. The van der Waals surface area contributed by atoms with E-state index >= 15 is 0 Å². The van der Waals surface area contributed by atoms with Crippen LogP contribution in [0.25, 0.3) is 0 Å². The van der Waals surface area contributed by atoms with Crippen LogP contribution in [-0.2, 0) is 21.4 Å². The first-order chi connectivity index (χ1) is 9.04. The molecule has 1 unspecified atom stereocenters. The summed E-state index contributed by atoms with van der Waals surface area (Å²) in [5, 5.41) is 9.00. The van der Waals surface area contributed by atoms with Gasteiger partial charge in [-0.05, 0) is 30.9 Å². The van der Waals surface area contributed by atoms with E-state index in [9.17, 15) is 8.42 Å². The first-order valence-corrected chi connectivity index (χ1v) is 8.53. The maximum Gasteiger partial charge on any atom is 0.252 e. The number of rotatable bonds is 5.